The van der Waals surface area contributed by atoms with Crippen molar-refractivity contribution in [1.82, 2.24) is 5.48 Å². The Balaban J connectivity index is 1.71. The fourth-order valence-electron chi connectivity index (χ4n) is 2.39. The van der Waals surface area contributed by atoms with Crippen molar-refractivity contribution in [3.63, 3.8) is 0 Å². The number of rotatable bonds is 4. The summed E-state index contributed by atoms with van der Waals surface area (Å²) in [4.78, 5) is 17.2. The minimum atomic E-state index is 0.0489. The van der Waals surface area contributed by atoms with Gasteiger partial charge < -0.3 is 0 Å². The molecular weight excluding hydrogens is 226 g/mol. The van der Waals surface area contributed by atoms with E-state index in [-0.39, 0.29) is 11.8 Å². The molecule has 3 heteroatoms. The minimum Gasteiger partial charge on any atom is -0.273 e. The van der Waals surface area contributed by atoms with E-state index in [4.69, 9.17) is 4.84 Å². The molecule has 1 saturated carbocycles. The van der Waals surface area contributed by atoms with E-state index in [1.54, 1.807) is 0 Å². The quantitative estimate of drug-likeness (QED) is 0.655. The molecule has 0 aliphatic heterocycles. The van der Waals surface area contributed by atoms with Crippen molar-refractivity contribution in [2.75, 3.05) is 0 Å². The van der Waals surface area contributed by atoms with Crippen LogP contribution in [0.15, 0.2) is 30.3 Å². The first kappa shape index (κ1) is 13.1. The van der Waals surface area contributed by atoms with Crippen LogP contribution in [0.3, 0.4) is 0 Å². The molecule has 1 N–H and O–H groups in total. The molecule has 1 aromatic rings. The first-order valence-electron chi connectivity index (χ1n) is 6.82. The Labute approximate surface area is 108 Å². The third kappa shape index (κ3) is 4.15. The standard InChI is InChI=1S/C15H21NO2/c17-15(14-10-6-1-2-7-11-14)16-18-12-13-8-4-3-5-9-13/h3-5,8-9,14H,1-2,6-7,10-12H2,(H,16,17). The second-order valence-electron chi connectivity index (χ2n) is 4.93. The molecule has 0 spiro atoms. The summed E-state index contributed by atoms with van der Waals surface area (Å²) in [5.41, 5.74) is 3.66. The van der Waals surface area contributed by atoms with Gasteiger partial charge in [-0.05, 0) is 18.4 Å². The number of hydrogen-bond donors (Lipinski definition) is 1. The second kappa shape index (κ2) is 7.17. The number of carbonyl (C=O) groups excluding carboxylic acids is 1. The van der Waals surface area contributed by atoms with Crippen LogP contribution in [0.1, 0.15) is 44.1 Å². The van der Waals surface area contributed by atoms with E-state index in [2.05, 4.69) is 5.48 Å². The van der Waals surface area contributed by atoms with Crippen LogP contribution in [0.25, 0.3) is 0 Å². The van der Waals surface area contributed by atoms with Gasteiger partial charge in [0.2, 0.25) is 5.91 Å². The van der Waals surface area contributed by atoms with Crippen LogP contribution in [0.5, 0.6) is 0 Å². The SMILES string of the molecule is O=C(NOCc1ccccc1)C1CCCCCC1. The summed E-state index contributed by atoms with van der Waals surface area (Å²) >= 11 is 0. The van der Waals surface area contributed by atoms with Gasteiger partial charge in [-0.3, -0.25) is 9.63 Å². The molecular formula is C15H21NO2. The minimum absolute atomic E-state index is 0.0489. The fraction of sp³-hybridized carbons (Fsp3) is 0.533. The summed E-state index contributed by atoms with van der Waals surface area (Å²) in [6, 6.07) is 9.86. The van der Waals surface area contributed by atoms with Crippen LogP contribution in [-0.4, -0.2) is 5.91 Å². The normalized spacial score (nSPS) is 17.1. The van der Waals surface area contributed by atoms with E-state index in [0.29, 0.717) is 6.61 Å². The van der Waals surface area contributed by atoms with Gasteiger partial charge in [-0.25, -0.2) is 5.48 Å². The number of nitrogens with one attached hydrogen (secondary N) is 1. The molecule has 0 saturated heterocycles. The number of hydroxylamine groups is 1. The van der Waals surface area contributed by atoms with E-state index in [1.165, 1.54) is 12.8 Å². The zero-order chi connectivity index (χ0) is 12.6. The molecule has 98 valence electrons. The Kier molecular flexibility index (Phi) is 5.21. The van der Waals surface area contributed by atoms with Crippen LogP contribution in [0.4, 0.5) is 0 Å². The highest BCUT2D eigenvalue weighted by Crippen LogP contribution is 2.22. The summed E-state index contributed by atoms with van der Waals surface area (Å²) in [5, 5.41) is 0. The van der Waals surface area contributed by atoms with Crippen molar-refractivity contribution in [2.24, 2.45) is 5.92 Å². The Morgan fingerprint density at radius 2 is 1.78 bits per heavy atom. The van der Waals surface area contributed by atoms with Gasteiger partial charge in [-0.15, -0.1) is 0 Å². The van der Waals surface area contributed by atoms with Crippen molar-refractivity contribution in [3.05, 3.63) is 35.9 Å². The number of carbonyl (C=O) groups is 1. The van der Waals surface area contributed by atoms with Crippen molar-refractivity contribution in [2.45, 2.75) is 45.1 Å². The molecule has 1 fully saturated rings. The van der Waals surface area contributed by atoms with Gasteiger partial charge in [0.25, 0.3) is 0 Å². The monoisotopic (exact) mass is 247 g/mol. The average Bonchev–Trinajstić information content (AvgIpc) is 2.69. The molecule has 3 nitrogen and oxygen atoms in total. The summed E-state index contributed by atoms with van der Waals surface area (Å²) in [6.45, 7) is 0.430. The first-order valence-corrected chi connectivity index (χ1v) is 6.82. The fourth-order valence-corrected chi connectivity index (χ4v) is 2.39. The predicted octanol–water partition coefficient (Wildman–Crippen LogP) is 3.20. The number of amides is 1. The largest absolute Gasteiger partial charge is 0.273 e. The summed E-state index contributed by atoms with van der Waals surface area (Å²) in [5.74, 6) is 0.191. The molecule has 0 atom stereocenters. The Morgan fingerprint density at radius 3 is 2.44 bits per heavy atom. The van der Waals surface area contributed by atoms with Crippen molar-refractivity contribution in [3.8, 4) is 0 Å². The molecule has 0 heterocycles. The molecule has 18 heavy (non-hydrogen) atoms. The average molecular weight is 247 g/mol. The molecule has 0 aromatic heterocycles. The van der Waals surface area contributed by atoms with Crippen molar-refractivity contribution >= 4 is 5.91 Å². The Bertz CT molecular complexity index is 356. The van der Waals surface area contributed by atoms with Crippen molar-refractivity contribution < 1.29 is 9.63 Å². The third-order valence-electron chi connectivity index (χ3n) is 3.48. The van der Waals surface area contributed by atoms with E-state index in [1.807, 2.05) is 30.3 Å². The Morgan fingerprint density at radius 1 is 1.11 bits per heavy atom. The molecule has 1 aliphatic carbocycles. The summed E-state index contributed by atoms with van der Waals surface area (Å²) in [7, 11) is 0. The summed E-state index contributed by atoms with van der Waals surface area (Å²) in [6.07, 6.45) is 6.85. The van der Waals surface area contributed by atoms with Crippen LogP contribution in [0.2, 0.25) is 0 Å². The molecule has 2 rings (SSSR count). The van der Waals surface area contributed by atoms with Gasteiger partial charge in [0, 0.05) is 5.92 Å². The topological polar surface area (TPSA) is 38.3 Å². The van der Waals surface area contributed by atoms with Gasteiger partial charge in [-0.1, -0.05) is 56.0 Å². The van der Waals surface area contributed by atoms with Gasteiger partial charge in [0.05, 0.1) is 6.61 Å². The lowest BCUT2D eigenvalue weighted by Crippen LogP contribution is -2.30. The maximum atomic E-state index is 11.9. The van der Waals surface area contributed by atoms with E-state index < -0.39 is 0 Å². The maximum absolute atomic E-state index is 11.9. The number of hydrogen-bond acceptors (Lipinski definition) is 2. The molecule has 1 aromatic carbocycles. The van der Waals surface area contributed by atoms with Crippen LogP contribution in [0, 0.1) is 5.92 Å². The Hall–Kier alpha value is -1.35. The second-order valence-corrected chi connectivity index (χ2v) is 4.93. The maximum Gasteiger partial charge on any atom is 0.246 e. The van der Waals surface area contributed by atoms with Gasteiger partial charge >= 0.3 is 0 Å². The smallest absolute Gasteiger partial charge is 0.246 e. The molecule has 0 radical (unpaired) electrons. The zero-order valence-electron chi connectivity index (χ0n) is 10.7. The highest BCUT2D eigenvalue weighted by Gasteiger charge is 2.19. The van der Waals surface area contributed by atoms with Crippen LogP contribution < -0.4 is 5.48 Å². The number of benzene rings is 1. The predicted molar refractivity (Wildman–Crippen MR) is 70.6 cm³/mol. The van der Waals surface area contributed by atoms with Gasteiger partial charge in [0.15, 0.2) is 0 Å². The van der Waals surface area contributed by atoms with Crippen molar-refractivity contribution in [1.29, 1.82) is 0 Å². The molecule has 0 unspecified atom stereocenters. The molecule has 1 aliphatic rings. The lowest BCUT2D eigenvalue weighted by atomic mass is 10.0. The molecule has 0 bridgehead atoms. The lowest BCUT2D eigenvalue weighted by Gasteiger charge is -2.13. The van der Waals surface area contributed by atoms with E-state index in [0.717, 1.165) is 31.2 Å². The van der Waals surface area contributed by atoms with Crippen LogP contribution >= 0.6 is 0 Å². The highest BCUT2D eigenvalue weighted by atomic mass is 16.6. The first-order chi connectivity index (χ1) is 8.86. The highest BCUT2D eigenvalue weighted by molar-refractivity contribution is 5.77. The lowest BCUT2D eigenvalue weighted by molar-refractivity contribution is -0.139. The van der Waals surface area contributed by atoms with E-state index >= 15 is 0 Å². The zero-order valence-corrected chi connectivity index (χ0v) is 10.7. The molecule has 1 amide bonds. The third-order valence-corrected chi connectivity index (χ3v) is 3.48. The van der Waals surface area contributed by atoms with E-state index in [9.17, 15) is 4.79 Å². The van der Waals surface area contributed by atoms with Gasteiger partial charge in [-0.2, -0.15) is 0 Å². The van der Waals surface area contributed by atoms with Gasteiger partial charge in [0.1, 0.15) is 0 Å². The van der Waals surface area contributed by atoms with Crippen LogP contribution in [-0.2, 0) is 16.2 Å². The summed E-state index contributed by atoms with van der Waals surface area (Å²) < 4.78 is 0.